The summed E-state index contributed by atoms with van der Waals surface area (Å²) in [6.07, 6.45) is 4.21. The first-order valence-corrected chi connectivity index (χ1v) is 10.3. The Labute approximate surface area is 149 Å². The van der Waals surface area contributed by atoms with Crippen molar-refractivity contribution in [3.63, 3.8) is 0 Å². The molecule has 0 bridgehead atoms. The second-order valence-electron chi connectivity index (χ2n) is 7.02. The molecule has 138 valence electrons. The van der Waals surface area contributed by atoms with Gasteiger partial charge in [-0.2, -0.15) is 4.31 Å². The van der Waals surface area contributed by atoms with E-state index in [0.29, 0.717) is 19.1 Å². The van der Waals surface area contributed by atoms with Gasteiger partial charge in [0, 0.05) is 19.1 Å². The van der Waals surface area contributed by atoms with Crippen LogP contribution in [0.5, 0.6) is 0 Å². The number of carbonyl (C=O) groups is 1. The van der Waals surface area contributed by atoms with Crippen LogP contribution in [0.2, 0.25) is 0 Å². The zero-order valence-electron chi connectivity index (χ0n) is 14.8. The second kappa shape index (κ2) is 7.43. The maximum absolute atomic E-state index is 13.0. The van der Waals surface area contributed by atoms with Gasteiger partial charge in [-0.1, -0.05) is 11.6 Å². The van der Waals surface area contributed by atoms with E-state index in [2.05, 4.69) is 5.32 Å². The molecule has 1 aliphatic heterocycles. The topological polar surface area (TPSA) is 75.7 Å². The van der Waals surface area contributed by atoms with Crippen LogP contribution < -0.4 is 5.32 Å². The molecule has 1 saturated heterocycles. The van der Waals surface area contributed by atoms with Crippen molar-refractivity contribution >= 4 is 16.0 Å². The van der Waals surface area contributed by atoms with Crippen molar-refractivity contribution in [1.82, 2.24) is 9.62 Å². The molecule has 1 aromatic rings. The fraction of sp³-hybridized carbons (Fsp3) is 0.611. The van der Waals surface area contributed by atoms with Crippen molar-refractivity contribution in [3.05, 3.63) is 29.3 Å². The van der Waals surface area contributed by atoms with E-state index in [-0.39, 0.29) is 10.5 Å². The van der Waals surface area contributed by atoms with Gasteiger partial charge in [0.25, 0.3) is 0 Å². The van der Waals surface area contributed by atoms with Crippen molar-refractivity contribution in [3.8, 4) is 0 Å². The molecule has 1 N–H and O–H groups in total. The van der Waals surface area contributed by atoms with Crippen LogP contribution >= 0.6 is 0 Å². The fourth-order valence-corrected chi connectivity index (χ4v) is 4.86. The quantitative estimate of drug-likeness (QED) is 0.779. The third-order valence-electron chi connectivity index (χ3n) is 5.00. The van der Waals surface area contributed by atoms with Gasteiger partial charge in [0.15, 0.2) is 0 Å². The Morgan fingerprint density at radius 1 is 1.24 bits per heavy atom. The number of esters is 1. The van der Waals surface area contributed by atoms with Crippen LogP contribution in [0.1, 0.15) is 41.6 Å². The number of sulfonamides is 1. The van der Waals surface area contributed by atoms with Gasteiger partial charge in [-0.25, -0.2) is 13.2 Å². The molecule has 6 nitrogen and oxygen atoms in total. The van der Waals surface area contributed by atoms with Crippen LogP contribution in [0.15, 0.2) is 23.1 Å². The lowest BCUT2D eigenvalue weighted by Gasteiger charge is -2.32. The number of nitrogens with zero attached hydrogens (tertiary/aromatic N) is 1. The molecule has 1 saturated carbocycles. The molecule has 0 aromatic heterocycles. The third-order valence-corrected chi connectivity index (χ3v) is 6.96. The Morgan fingerprint density at radius 3 is 2.52 bits per heavy atom. The number of benzene rings is 1. The maximum atomic E-state index is 13.0. The van der Waals surface area contributed by atoms with Crippen LogP contribution in [0.3, 0.4) is 0 Å². The van der Waals surface area contributed by atoms with Gasteiger partial charge in [-0.3, -0.25) is 0 Å². The Bertz CT molecular complexity index is 735. The number of hydrogen-bond donors (Lipinski definition) is 1. The summed E-state index contributed by atoms with van der Waals surface area (Å²) in [6, 6.07) is 5.17. The molecule has 2 fully saturated rings. The van der Waals surface area contributed by atoms with Gasteiger partial charge >= 0.3 is 5.97 Å². The average Bonchev–Trinajstić information content (AvgIpc) is 3.43. The highest BCUT2D eigenvalue weighted by molar-refractivity contribution is 7.89. The summed E-state index contributed by atoms with van der Waals surface area (Å²) >= 11 is 0. The summed E-state index contributed by atoms with van der Waals surface area (Å²) in [5.41, 5.74) is 0.929. The van der Waals surface area contributed by atoms with Crippen LogP contribution in [-0.2, 0) is 14.8 Å². The van der Waals surface area contributed by atoms with Gasteiger partial charge in [-0.05, 0) is 57.2 Å². The van der Waals surface area contributed by atoms with Crippen molar-refractivity contribution in [2.24, 2.45) is 5.92 Å². The predicted octanol–water partition coefficient (Wildman–Crippen LogP) is 1.93. The number of hydrogen-bond acceptors (Lipinski definition) is 5. The predicted molar refractivity (Wildman–Crippen MR) is 95.0 cm³/mol. The molecule has 3 rings (SSSR count). The first-order chi connectivity index (χ1) is 11.9. The minimum absolute atomic E-state index is 0.0364. The lowest BCUT2D eigenvalue weighted by Crippen LogP contribution is -2.45. The van der Waals surface area contributed by atoms with Crippen LogP contribution in [-0.4, -0.2) is 51.5 Å². The van der Waals surface area contributed by atoms with Gasteiger partial charge in [-0.15, -0.1) is 0 Å². The number of methoxy groups -OCH3 is 1. The largest absolute Gasteiger partial charge is 0.465 e. The van der Waals surface area contributed by atoms with E-state index in [1.807, 2.05) is 6.92 Å². The van der Waals surface area contributed by atoms with Gasteiger partial charge in [0.1, 0.15) is 0 Å². The summed E-state index contributed by atoms with van der Waals surface area (Å²) in [7, 11) is -2.44. The van der Waals surface area contributed by atoms with Gasteiger partial charge in [0.05, 0.1) is 17.6 Å². The van der Waals surface area contributed by atoms with E-state index >= 15 is 0 Å². The highest BCUT2D eigenvalue weighted by Gasteiger charge is 2.33. The summed E-state index contributed by atoms with van der Waals surface area (Å²) in [5, 5.41) is 3.55. The number of piperidine rings is 1. The van der Waals surface area contributed by atoms with Crippen molar-refractivity contribution in [2.75, 3.05) is 26.7 Å². The maximum Gasteiger partial charge on any atom is 0.339 e. The highest BCUT2D eigenvalue weighted by Crippen LogP contribution is 2.29. The zero-order valence-corrected chi connectivity index (χ0v) is 15.6. The highest BCUT2D eigenvalue weighted by atomic mass is 32.2. The van der Waals surface area contributed by atoms with E-state index in [0.717, 1.165) is 30.9 Å². The monoisotopic (exact) mass is 366 g/mol. The van der Waals surface area contributed by atoms with E-state index < -0.39 is 16.0 Å². The summed E-state index contributed by atoms with van der Waals surface area (Å²) in [6.45, 7) is 3.81. The number of aryl methyl sites for hydroxylation is 1. The number of ether oxygens (including phenoxy) is 1. The van der Waals surface area contributed by atoms with Crippen LogP contribution in [0.25, 0.3) is 0 Å². The number of nitrogens with one attached hydrogen (secondary N) is 1. The summed E-state index contributed by atoms with van der Waals surface area (Å²) in [5.74, 6) is 0.195. The van der Waals surface area contributed by atoms with E-state index in [4.69, 9.17) is 4.74 Å². The van der Waals surface area contributed by atoms with Crippen LogP contribution in [0, 0.1) is 12.8 Å². The van der Waals surface area contributed by atoms with Gasteiger partial charge in [0.2, 0.25) is 10.0 Å². The van der Waals surface area contributed by atoms with Crippen LogP contribution in [0.4, 0.5) is 0 Å². The Kier molecular flexibility index (Phi) is 5.46. The molecule has 0 spiro atoms. The van der Waals surface area contributed by atoms with E-state index in [1.165, 1.54) is 30.3 Å². The fourth-order valence-electron chi connectivity index (χ4n) is 3.23. The number of carbonyl (C=O) groups excluding carboxylic acids is 1. The lowest BCUT2D eigenvalue weighted by atomic mass is 10.1. The molecule has 1 heterocycles. The Morgan fingerprint density at radius 2 is 1.92 bits per heavy atom. The third kappa shape index (κ3) is 4.22. The molecule has 2 aliphatic rings. The minimum Gasteiger partial charge on any atom is -0.465 e. The lowest BCUT2D eigenvalue weighted by molar-refractivity contribution is 0.0596. The molecule has 0 unspecified atom stereocenters. The van der Waals surface area contributed by atoms with Crippen molar-refractivity contribution in [2.45, 2.75) is 43.5 Å². The molecule has 0 radical (unpaired) electrons. The molecule has 0 amide bonds. The van der Waals surface area contributed by atoms with E-state index in [9.17, 15) is 13.2 Å². The summed E-state index contributed by atoms with van der Waals surface area (Å²) < 4.78 is 32.3. The molecule has 1 aromatic carbocycles. The minimum atomic E-state index is -3.70. The standard InChI is InChI=1S/C18H26N2O4S/c1-13-3-6-17(16(11-13)18(21)24-2)25(22,23)20-9-7-15(8-10-20)19-12-14-4-5-14/h3,6,11,14-15,19H,4-5,7-10,12H2,1-2H3. The Hall–Kier alpha value is -1.44. The second-order valence-corrected chi connectivity index (χ2v) is 8.93. The molecular formula is C18H26N2O4S. The Balaban J connectivity index is 1.72. The first-order valence-electron chi connectivity index (χ1n) is 8.84. The molecule has 25 heavy (non-hydrogen) atoms. The average molecular weight is 366 g/mol. The molecule has 0 atom stereocenters. The van der Waals surface area contributed by atoms with E-state index in [1.54, 1.807) is 12.1 Å². The SMILES string of the molecule is COC(=O)c1cc(C)ccc1S(=O)(=O)N1CCC(NCC2CC2)CC1. The smallest absolute Gasteiger partial charge is 0.339 e. The normalized spacial score (nSPS) is 19.8. The first kappa shape index (κ1) is 18.4. The van der Waals surface area contributed by atoms with Crippen molar-refractivity contribution in [1.29, 1.82) is 0 Å². The van der Waals surface area contributed by atoms with Crippen molar-refractivity contribution < 1.29 is 17.9 Å². The number of rotatable bonds is 6. The molecular weight excluding hydrogens is 340 g/mol. The molecule has 1 aliphatic carbocycles. The molecule has 7 heteroatoms. The zero-order chi connectivity index (χ0) is 18.0. The van der Waals surface area contributed by atoms with Gasteiger partial charge < -0.3 is 10.1 Å². The summed E-state index contributed by atoms with van der Waals surface area (Å²) in [4.78, 5) is 12.0.